The number of hydrogen-bond acceptors (Lipinski definition) is 3. The minimum absolute atomic E-state index is 0.0600. The molecule has 0 aliphatic carbocycles. The Morgan fingerprint density at radius 1 is 1.20 bits per heavy atom. The molecule has 0 bridgehead atoms. The molecule has 2 aromatic rings. The number of carbonyl (C=O) groups is 1. The lowest BCUT2D eigenvalue weighted by Gasteiger charge is -2.05. The fourth-order valence-electron chi connectivity index (χ4n) is 1.69. The van der Waals surface area contributed by atoms with Gasteiger partial charge in [0.1, 0.15) is 11.6 Å². The zero-order valence-electron chi connectivity index (χ0n) is 10.2. The molecule has 0 spiro atoms. The second-order valence-electron chi connectivity index (χ2n) is 4.11. The smallest absolute Gasteiger partial charge is 0.338 e. The number of carboxylic acids is 1. The van der Waals surface area contributed by atoms with Crippen molar-refractivity contribution in [3.63, 3.8) is 0 Å². The Bertz CT molecular complexity index is 685. The van der Waals surface area contributed by atoms with E-state index in [1.807, 2.05) is 0 Å². The van der Waals surface area contributed by atoms with Crippen molar-refractivity contribution in [3.8, 4) is 5.75 Å². The highest BCUT2D eigenvalue weighted by atomic mass is 32.2. The summed E-state index contributed by atoms with van der Waals surface area (Å²) in [7, 11) is -1.52. The maximum Gasteiger partial charge on any atom is 0.338 e. The Balaban J connectivity index is 2.26. The molecular formula is C14H11FO4S. The lowest BCUT2D eigenvalue weighted by molar-refractivity contribution is 0.0691. The minimum atomic E-state index is -1.52. The van der Waals surface area contributed by atoms with Gasteiger partial charge in [0.25, 0.3) is 0 Å². The molecule has 0 saturated carbocycles. The average molecular weight is 294 g/mol. The van der Waals surface area contributed by atoms with Crippen LogP contribution < -0.4 is 0 Å². The van der Waals surface area contributed by atoms with Gasteiger partial charge in [-0.1, -0.05) is 12.1 Å². The third kappa shape index (κ3) is 3.21. The van der Waals surface area contributed by atoms with Gasteiger partial charge < -0.3 is 10.2 Å². The van der Waals surface area contributed by atoms with Gasteiger partial charge in [-0.15, -0.1) is 0 Å². The van der Waals surface area contributed by atoms with Gasteiger partial charge in [-0.25, -0.2) is 9.18 Å². The van der Waals surface area contributed by atoms with E-state index >= 15 is 0 Å². The summed E-state index contributed by atoms with van der Waals surface area (Å²) in [5.74, 6) is -2.10. The van der Waals surface area contributed by atoms with Crippen molar-refractivity contribution in [1.82, 2.24) is 0 Å². The molecule has 1 atom stereocenters. The van der Waals surface area contributed by atoms with Gasteiger partial charge in [0, 0.05) is 4.90 Å². The van der Waals surface area contributed by atoms with Crippen LogP contribution in [0, 0.1) is 5.82 Å². The number of hydrogen-bond donors (Lipinski definition) is 2. The normalized spacial score (nSPS) is 12.1. The molecule has 0 aliphatic rings. The quantitative estimate of drug-likeness (QED) is 0.908. The molecule has 0 aliphatic heterocycles. The van der Waals surface area contributed by atoms with Crippen LogP contribution in [0.3, 0.4) is 0 Å². The third-order valence-corrected chi connectivity index (χ3v) is 4.01. The number of halogens is 1. The Kier molecular flexibility index (Phi) is 4.14. The zero-order valence-corrected chi connectivity index (χ0v) is 11.1. The van der Waals surface area contributed by atoms with Crippen LogP contribution in [-0.2, 0) is 16.6 Å². The molecular weight excluding hydrogens is 283 g/mol. The summed E-state index contributed by atoms with van der Waals surface area (Å²) in [6, 6.07) is 9.62. The third-order valence-electron chi connectivity index (χ3n) is 2.64. The van der Waals surface area contributed by atoms with Crippen LogP contribution in [0.5, 0.6) is 5.75 Å². The molecule has 0 fully saturated rings. The number of rotatable bonds is 4. The number of phenolic OH excluding ortho intramolecular Hbond substituents is 1. The number of aromatic hydroxyl groups is 1. The highest BCUT2D eigenvalue weighted by Crippen LogP contribution is 2.18. The van der Waals surface area contributed by atoms with Gasteiger partial charge in [0.15, 0.2) is 0 Å². The Morgan fingerprint density at radius 2 is 1.95 bits per heavy atom. The van der Waals surface area contributed by atoms with Crippen molar-refractivity contribution in [2.24, 2.45) is 0 Å². The fourth-order valence-corrected chi connectivity index (χ4v) is 2.81. The molecule has 2 N–H and O–H groups in total. The summed E-state index contributed by atoms with van der Waals surface area (Å²) in [6.45, 7) is 0. The first-order valence-electron chi connectivity index (χ1n) is 5.66. The molecule has 2 rings (SSSR count). The largest absolute Gasteiger partial charge is 0.508 e. The summed E-state index contributed by atoms with van der Waals surface area (Å²) in [5, 5.41) is 18.1. The van der Waals surface area contributed by atoms with E-state index in [4.69, 9.17) is 5.11 Å². The van der Waals surface area contributed by atoms with Gasteiger partial charge in [-0.3, -0.25) is 4.21 Å². The second kappa shape index (κ2) is 5.83. The number of phenols is 1. The van der Waals surface area contributed by atoms with E-state index in [0.717, 1.165) is 12.1 Å². The van der Waals surface area contributed by atoms with Crippen molar-refractivity contribution in [3.05, 3.63) is 59.4 Å². The van der Waals surface area contributed by atoms with E-state index in [2.05, 4.69) is 0 Å². The van der Waals surface area contributed by atoms with Gasteiger partial charge in [-0.2, -0.15) is 0 Å². The summed E-state index contributed by atoms with van der Waals surface area (Å²) >= 11 is 0. The predicted octanol–water partition coefficient (Wildman–Crippen LogP) is 2.54. The Morgan fingerprint density at radius 3 is 2.60 bits per heavy atom. The van der Waals surface area contributed by atoms with Crippen molar-refractivity contribution in [2.75, 3.05) is 0 Å². The summed E-state index contributed by atoms with van der Waals surface area (Å²) in [6.07, 6.45) is 0. The first-order chi connectivity index (χ1) is 9.47. The van der Waals surface area contributed by atoms with E-state index in [1.54, 1.807) is 12.1 Å². The van der Waals surface area contributed by atoms with Crippen LogP contribution in [-0.4, -0.2) is 20.4 Å². The van der Waals surface area contributed by atoms with Crippen molar-refractivity contribution in [2.45, 2.75) is 10.6 Å². The van der Waals surface area contributed by atoms with Crippen LogP contribution in [0.15, 0.2) is 47.4 Å². The molecule has 0 saturated heterocycles. The Labute approximate surface area is 117 Å². The number of benzene rings is 2. The molecule has 0 heterocycles. The SMILES string of the molecule is O=C(O)c1cc(S(=O)Cc2cccc(O)c2)ccc1F. The molecule has 104 valence electrons. The summed E-state index contributed by atoms with van der Waals surface area (Å²) < 4.78 is 25.4. The van der Waals surface area contributed by atoms with Crippen LogP contribution in [0.1, 0.15) is 15.9 Å². The summed E-state index contributed by atoms with van der Waals surface area (Å²) in [5.41, 5.74) is 0.135. The number of aromatic carboxylic acids is 1. The van der Waals surface area contributed by atoms with E-state index in [0.29, 0.717) is 5.56 Å². The maximum absolute atomic E-state index is 13.3. The van der Waals surface area contributed by atoms with Crippen LogP contribution in [0.25, 0.3) is 0 Å². The second-order valence-corrected chi connectivity index (χ2v) is 5.56. The van der Waals surface area contributed by atoms with Crippen LogP contribution >= 0.6 is 0 Å². The molecule has 0 radical (unpaired) electrons. The monoisotopic (exact) mass is 294 g/mol. The molecule has 0 amide bonds. The molecule has 20 heavy (non-hydrogen) atoms. The molecule has 4 nitrogen and oxygen atoms in total. The Hall–Kier alpha value is -2.21. The van der Waals surface area contributed by atoms with Gasteiger partial charge in [0.05, 0.1) is 22.1 Å². The summed E-state index contributed by atoms with van der Waals surface area (Å²) in [4.78, 5) is 11.1. The first-order valence-corrected chi connectivity index (χ1v) is 6.98. The topological polar surface area (TPSA) is 74.6 Å². The average Bonchev–Trinajstić information content (AvgIpc) is 2.38. The zero-order chi connectivity index (χ0) is 14.7. The van der Waals surface area contributed by atoms with E-state index < -0.39 is 28.1 Å². The van der Waals surface area contributed by atoms with Crippen LogP contribution in [0.2, 0.25) is 0 Å². The standard InChI is InChI=1S/C14H11FO4S/c15-13-5-4-11(7-12(13)14(17)18)20(19)8-9-2-1-3-10(16)6-9/h1-7,16H,8H2,(H,17,18). The van der Waals surface area contributed by atoms with E-state index in [9.17, 15) is 18.5 Å². The first kappa shape index (κ1) is 14.2. The van der Waals surface area contributed by atoms with Gasteiger partial charge in [-0.05, 0) is 35.9 Å². The maximum atomic E-state index is 13.3. The minimum Gasteiger partial charge on any atom is -0.508 e. The highest BCUT2D eigenvalue weighted by Gasteiger charge is 2.14. The molecule has 0 aromatic heterocycles. The molecule has 6 heteroatoms. The van der Waals surface area contributed by atoms with E-state index in [-0.39, 0.29) is 16.4 Å². The predicted molar refractivity (Wildman–Crippen MR) is 71.6 cm³/mol. The molecule has 2 aromatic carbocycles. The molecule has 1 unspecified atom stereocenters. The lowest BCUT2D eigenvalue weighted by atomic mass is 10.2. The van der Waals surface area contributed by atoms with Gasteiger partial charge >= 0.3 is 5.97 Å². The van der Waals surface area contributed by atoms with Crippen molar-refractivity contribution < 1.29 is 23.6 Å². The highest BCUT2D eigenvalue weighted by molar-refractivity contribution is 7.84. The van der Waals surface area contributed by atoms with E-state index in [1.165, 1.54) is 18.2 Å². The fraction of sp³-hybridized carbons (Fsp3) is 0.0714. The number of carboxylic acid groups (broad SMARTS) is 1. The van der Waals surface area contributed by atoms with Crippen molar-refractivity contribution >= 4 is 16.8 Å². The van der Waals surface area contributed by atoms with Crippen molar-refractivity contribution in [1.29, 1.82) is 0 Å². The van der Waals surface area contributed by atoms with Crippen LogP contribution in [0.4, 0.5) is 4.39 Å². The van der Waals surface area contributed by atoms with Gasteiger partial charge in [0.2, 0.25) is 0 Å². The lowest BCUT2D eigenvalue weighted by Crippen LogP contribution is -2.03.